The highest BCUT2D eigenvalue weighted by molar-refractivity contribution is 5.82. The van der Waals surface area contributed by atoms with Crippen LogP contribution >= 0.6 is 0 Å². The van der Waals surface area contributed by atoms with Crippen LogP contribution in [0.25, 0.3) is 22.6 Å². The molecule has 0 aliphatic heterocycles. The van der Waals surface area contributed by atoms with E-state index in [-0.39, 0.29) is 24.0 Å². The molecule has 4 nitrogen and oxygen atoms in total. The number of pyridine rings is 1. The van der Waals surface area contributed by atoms with Gasteiger partial charge >= 0.3 is 0 Å². The molecule has 0 saturated heterocycles. The third-order valence-corrected chi connectivity index (χ3v) is 3.20. The minimum atomic E-state index is 0. The number of aryl methyl sites for hydroxylation is 2. The molecule has 2 aromatic heterocycles. The van der Waals surface area contributed by atoms with Gasteiger partial charge in [0.1, 0.15) is 12.1 Å². The van der Waals surface area contributed by atoms with Crippen LogP contribution in [0.2, 0.25) is 0 Å². The summed E-state index contributed by atoms with van der Waals surface area (Å²) in [6, 6.07) is 7.75. The maximum Gasteiger partial charge on any atom is 0.227 e. The van der Waals surface area contributed by atoms with E-state index in [4.69, 9.17) is 10.2 Å². The fourth-order valence-corrected chi connectivity index (χ4v) is 2.16. The van der Waals surface area contributed by atoms with E-state index in [1.165, 1.54) is 0 Å². The summed E-state index contributed by atoms with van der Waals surface area (Å²) >= 11 is 0. The molecule has 0 aliphatic carbocycles. The lowest BCUT2D eigenvalue weighted by Gasteiger charge is -1.95. The molecule has 0 radical (unpaired) electrons. The molecular weight excluding hydrogens is 365 g/mol. The highest BCUT2D eigenvalue weighted by atomic mass is 127. The van der Waals surface area contributed by atoms with Gasteiger partial charge in [-0.15, -0.1) is 0 Å². The Hall–Kier alpha value is -1.63. The Balaban J connectivity index is 0.00000147. The van der Waals surface area contributed by atoms with Crippen LogP contribution in [0.4, 0.5) is 5.69 Å². The van der Waals surface area contributed by atoms with Crippen LogP contribution in [-0.4, -0.2) is 4.98 Å². The number of fused-ring (bicyclic) bond motifs is 1. The Morgan fingerprint density at radius 2 is 1.95 bits per heavy atom. The van der Waals surface area contributed by atoms with Crippen molar-refractivity contribution in [2.45, 2.75) is 20.4 Å². The molecule has 3 rings (SSSR count). The summed E-state index contributed by atoms with van der Waals surface area (Å²) in [7, 11) is 0. The van der Waals surface area contributed by atoms with Crippen molar-refractivity contribution in [1.29, 1.82) is 0 Å². The predicted octanol–water partition coefficient (Wildman–Crippen LogP) is -0.303. The van der Waals surface area contributed by atoms with Crippen LogP contribution in [-0.2, 0) is 6.54 Å². The second kappa shape index (κ2) is 5.78. The number of rotatable bonds is 2. The number of benzene rings is 1. The van der Waals surface area contributed by atoms with Gasteiger partial charge < -0.3 is 34.1 Å². The largest absolute Gasteiger partial charge is 1.00 e. The van der Waals surface area contributed by atoms with Gasteiger partial charge in [-0.25, -0.2) is 9.55 Å². The number of halogens is 1. The fourth-order valence-electron chi connectivity index (χ4n) is 2.16. The molecule has 2 heterocycles. The number of aromatic nitrogens is 2. The van der Waals surface area contributed by atoms with Crippen LogP contribution in [0.3, 0.4) is 0 Å². The summed E-state index contributed by atoms with van der Waals surface area (Å²) in [4.78, 5) is 4.50. The van der Waals surface area contributed by atoms with E-state index in [0.29, 0.717) is 11.6 Å². The molecule has 0 atom stereocenters. The minimum Gasteiger partial charge on any atom is -1.00 e. The van der Waals surface area contributed by atoms with E-state index in [1.54, 1.807) is 0 Å². The monoisotopic (exact) mass is 381 g/mol. The van der Waals surface area contributed by atoms with Crippen molar-refractivity contribution in [2.75, 3.05) is 5.73 Å². The van der Waals surface area contributed by atoms with E-state index >= 15 is 0 Å². The number of nitrogen functional groups attached to an aromatic ring is 1. The predicted molar refractivity (Wildman–Crippen MR) is 74.5 cm³/mol. The molecule has 0 aliphatic rings. The molecule has 104 valence electrons. The fraction of sp³-hybridized carbons (Fsp3) is 0.200. The second-order valence-corrected chi connectivity index (χ2v) is 4.62. The van der Waals surface area contributed by atoms with Crippen molar-refractivity contribution < 1.29 is 33.0 Å². The third-order valence-electron chi connectivity index (χ3n) is 3.20. The first kappa shape index (κ1) is 14.8. The Morgan fingerprint density at radius 3 is 2.60 bits per heavy atom. The molecule has 0 fully saturated rings. The summed E-state index contributed by atoms with van der Waals surface area (Å²) in [5.41, 5.74) is 10.1. The van der Waals surface area contributed by atoms with Crippen molar-refractivity contribution in [3.05, 3.63) is 42.2 Å². The highest BCUT2D eigenvalue weighted by Gasteiger charge is 2.11. The maximum atomic E-state index is 5.84. The van der Waals surface area contributed by atoms with Gasteiger partial charge in [0.15, 0.2) is 18.0 Å². The SMILES string of the molecule is CC[n+]1ccc(-c2nc3cc(N)cc(C)c3o2)cc1.[I-]. The molecular formula is C15H16IN3O. The number of hydrogen-bond acceptors (Lipinski definition) is 3. The molecule has 0 unspecified atom stereocenters. The Bertz CT molecular complexity index is 735. The van der Waals surface area contributed by atoms with Gasteiger partial charge in [-0.1, -0.05) is 0 Å². The number of anilines is 1. The molecule has 0 amide bonds. The Kier molecular flexibility index (Phi) is 4.27. The first-order valence-electron chi connectivity index (χ1n) is 6.33. The summed E-state index contributed by atoms with van der Waals surface area (Å²) in [6.07, 6.45) is 4.04. The van der Waals surface area contributed by atoms with Gasteiger partial charge in [0.2, 0.25) is 5.89 Å². The summed E-state index contributed by atoms with van der Waals surface area (Å²) in [6.45, 7) is 5.03. The highest BCUT2D eigenvalue weighted by Crippen LogP contribution is 2.27. The quantitative estimate of drug-likeness (QED) is 0.377. The van der Waals surface area contributed by atoms with Gasteiger partial charge in [-0.2, -0.15) is 0 Å². The summed E-state index contributed by atoms with van der Waals surface area (Å²) in [5.74, 6) is 0.631. The first-order chi connectivity index (χ1) is 9.17. The maximum absolute atomic E-state index is 5.84. The van der Waals surface area contributed by atoms with Gasteiger partial charge in [0, 0.05) is 23.4 Å². The van der Waals surface area contributed by atoms with Crippen molar-refractivity contribution in [2.24, 2.45) is 0 Å². The van der Waals surface area contributed by atoms with E-state index in [2.05, 4.69) is 16.5 Å². The molecule has 5 heteroatoms. The summed E-state index contributed by atoms with van der Waals surface area (Å²) in [5, 5.41) is 0. The zero-order valence-electron chi connectivity index (χ0n) is 11.4. The number of nitrogens with two attached hydrogens (primary N) is 1. The average Bonchev–Trinajstić information content (AvgIpc) is 2.83. The molecule has 20 heavy (non-hydrogen) atoms. The lowest BCUT2D eigenvalue weighted by molar-refractivity contribution is -0.693. The topological polar surface area (TPSA) is 55.9 Å². The van der Waals surface area contributed by atoms with E-state index in [0.717, 1.165) is 28.8 Å². The van der Waals surface area contributed by atoms with Gasteiger partial charge in [0.25, 0.3) is 0 Å². The average molecular weight is 381 g/mol. The Morgan fingerprint density at radius 1 is 1.25 bits per heavy atom. The van der Waals surface area contributed by atoms with Gasteiger partial charge in [-0.05, 0) is 31.5 Å². The van der Waals surface area contributed by atoms with Crippen molar-refractivity contribution >= 4 is 16.8 Å². The minimum absolute atomic E-state index is 0. The van der Waals surface area contributed by atoms with Crippen molar-refractivity contribution in [3.8, 4) is 11.5 Å². The summed E-state index contributed by atoms with van der Waals surface area (Å²) < 4.78 is 7.93. The zero-order chi connectivity index (χ0) is 13.4. The smallest absolute Gasteiger partial charge is 0.227 e. The van der Waals surface area contributed by atoms with Crippen molar-refractivity contribution in [1.82, 2.24) is 4.98 Å². The number of hydrogen-bond donors (Lipinski definition) is 1. The molecule has 0 spiro atoms. The molecule has 2 N–H and O–H groups in total. The molecule has 1 aromatic carbocycles. The van der Waals surface area contributed by atoms with Crippen LogP contribution in [0, 0.1) is 6.92 Å². The van der Waals surface area contributed by atoms with Gasteiger partial charge in [-0.3, -0.25) is 0 Å². The first-order valence-corrected chi connectivity index (χ1v) is 6.33. The third kappa shape index (κ3) is 2.63. The van der Waals surface area contributed by atoms with Crippen LogP contribution in [0.5, 0.6) is 0 Å². The molecule has 0 saturated carbocycles. The van der Waals surface area contributed by atoms with E-state index < -0.39 is 0 Å². The van der Waals surface area contributed by atoms with Crippen LogP contribution in [0.1, 0.15) is 12.5 Å². The number of nitrogens with zero attached hydrogens (tertiary/aromatic N) is 2. The zero-order valence-corrected chi connectivity index (χ0v) is 13.6. The van der Waals surface area contributed by atoms with E-state index in [9.17, 15) is 0 Å². The second-order valence-electron chi connectivity index (χ2n) is 4.62. The lowest BCUT2D eigenvalue weighted by Crippen LogP contribution is -3.00. The van der Waals surface area contributed by atoms with Crippen molar-refractivity contribution in [3.63, 3.8) is 0 Å². The standard InChI is InChI=1S/C15H16N3O.HI/c1-3-18-6-4-11(5-7-18)15-17-13-9-12(16)8-10(2)14(13)19-15;/h4-9H,3,16H2,1-2H3;1H/q+1;/p-1. The van der Waals surface area contributed by atoms with Crippen LogP contribution in [0.15, 0.2) is 41.1 Å². The molecule has 3 aromatic rings. The normalized spacial score (nSPS) is 10.5. The van der Waals surface area contributed by atoms with Crippen LogP contribution < -0.4 is 34.3 Å². The van der Waals surface area contributed by atoms with Gasteiger partial charge in [0.05, 0.1) is 0 Å². The molecule has 0 bridgehead atoms. The van der Waals surface area contributed by atoms with E-state index in [1.807, 2.05) is 43.6 Å². The Labute approximate surface area is 134 Å². The number of oxazole rings is 1. The lowest BCUT2D eigenvalue weighted by atomic mass is 10.2.